The van der Waals surface area contributed by atoms with Gasteiger partial charge in [-0.2, -0.15) is 0 Å². The fourth-order valence-corrected chi connectivity index (χ4v) is 8.06. The van der Waals surface area contributed by atoms with Crippen molar-refractivity contribution in [1.82, 2.24) is 14.8 Å². The summed E-state index contributed by atoms with van der Waals surface area (Å²) in [5.41, 5.74) is 3.44. The minimum absolute atomic E-state index is 0.0106. The fourth-order valence-electron chi connectivity index (χ4n) is 6.92. The average Bonchev–Trinajstić information content (AvgIpc) is 4.11. The number of pyridine rings is 1. The minimum atomic E-state index is -3.63. The summed E-state index contributed by atoms with van der Waals surface area (Å²) in [6.45, 7) is 2.04. The molecule has 6 rings (SSSR count). The molecule has 0 bridgehead atoms. The number of aliphatic hydroxyl groups is 5. The Morgan fingerprint density at radius 2 is 1.85 bits per heavy atom. The number of hydrogen-bond acceptors (Lipinski definition) is 11. The van der Waals surface area contributed by atoms with Gasteiger partial charge in [-0.1, -0.05) is 49.6 Å². The number of amides is 2. The number of aromatic nitrogens is 1. The van der Waals surface area contributed by atoms with Crippen LogP contribution in [0.15, 0.2) is 65.8 Å². The lowest BCUT2D eigenvalue weighted by Gasteiger charge is -2.46. The molecule has 2 heterocycles. The quantitative estimate of drug-likeness (QED) is 0.0509. The molecule has 1 saturated heterocycles. The van der Waals surface area contributed by atoms with E-state index in [1.54, 1.807) is 18.0 Å². The molecule has 3 aromatic rings. The van der Waals surface area contributed by atoms with E-state index in [9.17, 15) is 35.1 Å². The van der Waals surface area contributed by atoms with E-state index in [-0.39, 0.29) is 32.0 Å². The van der Waals surface area contributed by atoms with Crippen LogP contribution in [0.1, 0.15) is 95.1 Å². The molecule has 1 aliphatic heterocycles. The number of likely N-dealkylation sites (tertiary alicyclic amines) is 1. The summed E-state index contributed by atoms with van der Waals surface area (Å²) >= 11 is 8.22. The predicted octanol–water partition coefficient (Wildman–Crippen LogP) is 5.69. The highest BCUT2D eigenvalue weighted by Gasteiger charge is 2.60. The number of thioether (sulfide) groups is 1. The Kier molecular flexibility index (Phi) is 13.5. The van der Waals surface area contributed by atoms with Crippen LogP contribution in [-0.4, -0.2) is 95.0 Å². The van der Waals surface area contributed by atoms with Gasteiger partial charge in [0.1, 0.15) is 5.75 Å². The third-order valence-corrected chi connectivity index (χ3v) is 12.0. The number of aliphatic hydroxyl groups excluding tert-OH is 1. The van der Waals surface area contributed by atoms with Gasteiger partial charge >= 0.3 is 5.91 Å². The normalized spacial score (nSPS) is 17.4. The number of carbonyl (C=O) groups excluding carboxylic acids is 2. The van der Waals surface area contributed by atoms with Crippen molar-refractivity contribution in [2.75, 3.05) is 18.8 Å². The first-order chi connectivity index (χ1) is 26.4. The molecule has 298 valence electrons. The van der Waals surface area contributed by atoms with E-state index in [1.165, 1.54) is 0 Å². The first-order valence-electron chi connectivity index (χ1n) is 19.3. The smallest absolute Gasteiger partial charge is 0.310 e. The molecule has 3 aliphatic rings. The number of ether oxygens (including phenoxy) is 2. The molecular formula is C41H52ClN3O9S. The van der Waals surface area contributed by atoms with Crippen molar-refractivity contribution in [3.63, 3.8) is 0 Å². The zero-order chi connectivity index (χ0) is 39.2. The third-order valence-electron chi connectivity index (χ3n) is 10.5. The first-order valence-corrected chi connectivity index (χ1v) is 20.7. The summed E-state index contributed by atoms with van der Waals surface area (Å²) < 4.78 is 12.9. The van der Waals surface area contributed by atoms with E-state index in [1.807, 2.05) is 55.6 Å². The summed E-state index contributed by atoms with van der Waals surface area (Å²) in [4.78, 5) is 32.2. The Morgan fingerprint density at radius 3 is 2.56 bits per heavy atom. The number of para-hydroxylation sites is 1. The molecule has 5 N–H and O–H groups in total. The van der Waals surface area contributed by atoms with Crippen LogP contribution in [0.2, 0.25) is 5.02 Å². The first kappa shape index (κ1) is 41.4. The van der Waals surface area contributed by atoms with E-state index in [0.29, 0.717) is 48.0 Å². The van der Waals surface area contributed by atoms with E-state index < -0.39 is 35.3 Å². The molecule has 2 saturated carbocycles. The molecule has 3 fully saturated rings. The molecule has 2 aromatic carbocycles. The Labute approximate surface area is 331 Å². The topological polar surface area (TPSA) is 173 Å². The number of rotatable bonds is 21. The molecule has 55 heavy (non-hydrogen) atoms. The van der Waals surface area contributed by atoms with Crippen molar-refractivity contribution in [3.8, 4) is 16.9 Å². The maximum Gasteiger partial charge on any atom is 0.310 e. The van der Waals surface area contributed by atoms with Crippen molar-refractivity contribution in [2.24, 2.45) is 0 Å². The molecule has 2 aliphatic carbocycles. The maximum absolute atomic E-state index is 13.2. The highest BCUT2D eigenvalue weighted by atomic mass is 35.5. The highest BCUT2D eigenvalue weighted by molar-refractivity contribution is 7.99. The Hall–Kier alpha value is -3.27. The molecular weight excluding hydrogens is 746 g/mol. The van der Waals surface area contributed by atoms with Gasteiger partial charge in [0.15, 0.2) is 6.23 Å². The van der Waals surface area contributed by atoms with Gasteiger partial charge in [-0.05, 0) is 98.6 Å². The van der Waals surface area contributed by atoms with Crippen LogP contribution in [0.3, 0.4) is 0 Å². The van der Waals surface area contributed by atoms with E-state index in [2.05, 4.69) is 11.1 Å². The molecule has 0 radical (unpaired) electrons. The largest absolute Gasteiger partial charge is 0.490 e. The number of nitrogens with zero attached hydrogens (tertiary/aromatic N) is 3. The van der Waals surface area contributed by atoms with Gasteiger partial charge < -0.3 is 39.9 Å². The Balaban J connectivity index is 1.06. The molecule has 2 amide bonds. The lowest BCUT2D eigenvalue weighted by Crippen LogP contribution is -2.73. The van der Waals surface area contributed by atoms with Crippen LogP contribution in [0.4, 0.5) is 0 Å². The molecule has 14 heteroatoms. The van der Waals surface area contributed by atoms with E-state index in [0.717, 1.165) is 76.3 Å². The summed E-state index contributed by atoms with van der Waals surface area (Å²) in [6.07, 6.45) is 8.67. The van der Waals surface area contributed by atoms with Crippen LogP contribution in [0.5, 0.6) is 5.75 Å². The second-order valence-corrected chi connectivity index (χ2v) is 16.3. The SMILES string of the molecule is CCCCCC(=O)N(CCCCSc1ccc(Cl)c(COC2(c3cnccc3-c3ccccc3OC3CC3)CC2)c1)C(O)(O)C(O)(O)C(O)N1CCCC1=O. The second-order valence-electron chi connectivity index (χ2n) is 14.8. The number of halogens is 1. The number of hydrogen-bond donors (Lipinski definition) is 5. The van der Waals surface area contributed by atoms with Crippen LogP contribution >= 0.6 is 23.4 Å². The van der Waals surface area contributed by atoms with E-state index in [4.69, 9.17) is 21.1 Å². The van der Waals surface area contributed by atoms with Crippen molar-refractivity contribution in [1.29, 1.82) is 0 Å². The van der Waals surface area contributed by atoms with E-state index >= 15 is 0 Å². The number of unbranched alkanes of at least 4 members (excludes halogenated alkanes) is 3. The minimum Gasteiger partial charge on any atom is -0.490 e. The lowest BCUT2D eigenvalue weighted by atomic mass is 9.96. The molecule has 12 nitrogen and oxygen atoms in total. The number of carbonyl (C=O) groups is 2. The maximum atomic E-state index is 13.2. The monoisotopic (exact) mass is 797 g/mol. The Morgan fingerprint density at radius 1 is 1.07 bits per heavy atom. The van der Waals surface area contributed by atoms with Gasteiger partial charge in [0.2, 0.25) is 11.8 Å². The van der Waals surface area contributed by atoms with Crippen molar-refractivity contribution < 1.29 is 44.6 Å². The van der Waals surface area contributed by atoms with Crippen LogP contribution in [-0.2, 0) is 26.5 Å². The van der Waals surface area contributed by atoms with Crippen molar-refractivity contribution in [3.05, 3.63) is 77.1 Å². The van der Waals surface area contributed by atoms with Gasteiger partial charge in [0.05, 0.1) is 18.3 Å². The van der Waals surface area contributed by atoms with Gasteiger partial charge in [-0.25, -0.2) is 0 Å². The summed E-state index contributed by atoms with van der Waals surface area (Å²) in [6, 6.07) is 15.9. The van der Waals surface area contributed by atoms with Crippen LogP contribution in [0, 0.1) is 0 Å². The average molecular weight is 798 g/mol. The zero-order valence-corrected chi connectivity index (χ0v) is 32.8. The Bertz CT molecular complexity index is 1800. The standard InChI is InChI=1S/C41H52ClN3O9S/c1-2-3-4-12-37(47)45(41(51,52)40(49,50)38(48)44-22-9-13-36(44)46)23-7-8-24-55-30-16-17-34(42)28(25-30)27-53-39(19-20-39)33-26-43-21-18-31(33)32-10-5-6-11-35(32)54-29-14-15-29/h5-6,10-11,16-18,21,25-26,29,38,48-52H,2-4,7-9,12-15,19-20,22-24,27H2,1H3. The second kappa shape index (κ2) is 17.9. The van der Waals surface area contributed by atoms with Crippen LogP contribution in [0.25, 0.3) is 11.1 Å². The molecule has 1 aromatic heterocycles. The fraction of sp³-hybridized carbons (Fsp3) is 0.537. The molecule has 0 spiro atoms. The zero-order valence-electron chi connectivity index (χ0n) is 31.2. The predicted molar refractivity (Wildman–Crippen MR) is 208 cm³/mol. The summed E-state index contributed by atoms with van der Waals surface area (Å²) in [7, 11) is 0. The molecule has 1 atom stereocenters. The lowest BCUT2D eigenvalue weighted by molar-refractivity contribution is -0.436. The van der Waals surface area contributed by atoms with Gasteiger partial charge in [0, 0.05) is 59.4 Å². The summed E-state index contributed by atoms with van der Waals surface area (Å²) in [5.74, 6) is -7.00. The third kappa shape index (κ3) is 9.65. The summed E-state index contributed by atoms with van der Waals surface area (Å²) in [5, 5.41) is 55.0. The number of benzene rings is 2. The molecule has 1 unspecified atom stereocenters. The van der Waals surface area contributed by atoms with Gasteiger partial charge in [-0.15, -0.1) is 11.8 Å². The van der Waals surface area contributed by atoms with Crippen molar-refractivity contribution >= 4 is 35.2 Å². The van der Waals surface area contributed by atoms with Crippen LogP contribution < -0.4 is 4.74 Å². The van der Waals surface area contributed by atoms with Gasteiger partial charge in [-0.3, -0.25) is 19.5 Å². The highest BCUT2D eigenvalue weighted by Crippen LogP contribution is 2.53. The van der Waals surface area contributed by atoms with Gasteiger partial charge in [0.25, 0.3) is 5.79 Å². The van der Waals surface area contributed by atoms with Crippen molar-refractivity contribution in [2.45, 2.75) is 125 Å².